The van der Waals surface area contributed by atoms with Gasteiger partial charge in [-0.3, -0.25) is 14.9 Å². The highest BCUT2D eigenvalue weighted by Gasteiger charge is 2.22. The van der Waals surface area contributed by atoms with Crippen molar-refractivity contribution >= 4 is 34.6 Å². The van der Waals surface area contributed by atoms with Gasteiger partial charge in [-0.1, -0.05) is 20.8 Å². The molecule has 0 aliphatic heterocycles. The quantitative estimate of drug-likeness (QED) is 0.506. The van der Waals surface area contributed by atoms with Crippen molar-refractivity contribution in [2.24, 2.45) is 5.41 Å². The zero-order chi connectivity index (χ0) is 16.2. The summed E-state index contributed by atoms with van der Waals surface area (Å²) < 4.78 is 4.90. The van der Waals surface area contributed by atoms with Crippen LogP contribution < -0.4 is 15.4 Å². The summed E-state index contributed by atoms with van der Waals surface area (Å²) in [6.45, 7) is 5.26. The molecule has 0 atom stereocenters. The second kappa shape index (κ2) is 6.49. The molecule has 0 aromatic heterocycles. The maximum atomic E-state index is 11.8. The van der Waals surface area contributed by atoms with Gasteiger partial charge in [0, 0.05) is 17.2 Å². The molecule has 21 heavy (non-hydrogen) atoms. The Morgan fingerprint density at radius 2 is 2.00 bits per heavy atom. The number of nitrogens with zero attached hydrogens (tertiary/aromatic N) is 1. The molecule has 0 spiro atoms. The molecule has 0 saturated heterocycles. The first-order valence-electron chi connectivity index (χ1n) is 6.10. The zero-order valence-electron chi connectivity index (χ0n) is 12.2. The van der Waals surface area contributed by atoms with Gasteiger partial charge in [0.15, 0.2) is 10.9 Å². The number of thiocarbonyl (C=S) groups is 1. The van der Waals surface area contributed by atoms with E-state index in [0.29, 0.717) is 5.69 Å². The Kier molecular flexibility index (Phi) is 5.20. The number of rotatable bonds is 3. The smallest absolute Gasteiger partial charge is 0.312 e. The number of anilines is 1. The van der Waals surface area contributed by atoms with Crippen LogP contribution in [-0.4, -0.2) is 23.1 Å². The van der Waals surface area contributed by atoms with Crippen LogP contribution in [0.3, 0.4) is 0 Å². The van der Waals surface area contributed by atoms with Crippen LogP contribution in [0.4, 0.5) is 11.4 Å². The molecule has 0 heterocycles. The monoisotopic (exact) mass is 311 g/mol. The molecule has 2 N–H and O–H groups in total. The van der Waals surface area contributed by atoms with Crippen molar-refractivity contribution in [1.82, 2.24) is 5.32 Å². The van der Waals surface area contributed by atoms with Gasteiger partial charge in [-0.25, -0.2) is 0 Å². The first-order valence-corrected chi connectivity index (χ1v) is 6.51. The highest BCUT2D eigenvalue weighted by atomic mass is 32.1. The number of hydrogen-bond acceptors (Lipinski definition) is 5. The summed E-state index contributed by atoms with van der Waals surface area (Å²) in [5.74, 6) is -0.0989. The minimum atomic E-state index is -0.586. The number of carbonyl (C=O) groups excluding carboxylic acids is 1. The number of benzene rings is 1. The van der Waals surface area contributed by atoms with Crippen LogP contribution in [0.15, 0.2) is 18.2 Å². The molecular formula is C13H17N3O4S. The van der Waals surface area contributed by atoms with Crippen LogP contribution in [0.5, 0.6) is 5.75 Å². The van der Waals surface area contributed by atoms with Crippen molar-refractivity contribution in [2.75, 3.05) is 12.4 Å². The summed E-state index contributed by atoms with van der Waals surface area (Å²) in [5, 5.41) is 16.3. The van der Waals surface area contributed by atoms with Crippen molar-refractivity contribution in [3.63, 3.8) is 0 Å². The molecule has 0 bridgehead atoms. The van der Waals surface area contributed by atoms with Crippen molar-refractivity contribution in [1.29, 1.82) is 0 Å². The normalized spacial score (nSPS) is 10.7. The number of amides is 1. The molecule has 114 valence electrons. The Balaban J connectivity index is 2.84. The summed E-state index contributed by atoms with van der Waals surface area (Å²) >= 11 is 5.01. The zero-order valence-corrected chi connectivity index (χ0v) is 13.0. The van der Waals surface area contributed by atoms with Gasteiger partial charge in [0.25, 0.3) is 0 Å². The molecule has 0 aliphatic carbocycles. The van der Waals surface area contributed by atoms with Crippen LogP contribution in [0, 0.1) is 15.5 Å². The van der Waals surface area contributed by atoms with Crippen molar-refractivity contribution in [3.05, 3.63) is 28.3 Å². The second-order valence-corrected chi connectivity index (χ2v) is 5.71. The lowest BCUT2D eigenvalue weighted by atomic mass is 9.96. The van der Waals surface area contributed by atoms with E-state index in [1.165, 1.54) is 19.2 Å². The maximum Gasteiger partial charge on any atom is 0.312 e. The van der Waals surface area contributed by atoms with E-state index in [0.717, 1.165) is 0 Å². The Labute approximate surface area is 127 Å². The predicted octanol–water partition coefficient (Wildman–Crippen LogP) is 2.46. The van der Waals surface area contributed by atoms with Crippen LogP contribution in [-0.2, 0) is 4.79 Å². The van der Waals surface area contributed by atoms with Crippen molar-refractivity contribution in [2.45, 2.75) is 20.8 Å². The molecule has 1 aromatic rings. The third-order valence-corrected chi connectivity index (χ3v) is 2.75. The third kappa shape index (κ3) is 4.67. The highest BCUT2D eigenvalue weighted by Crippen LogP contribution is 2.29. The molecule has 1 rings (SSSR count). The summed E-state index contributed by atoms with van der Waals surface area (Å²) in [6, 6.07) is 4.31. The Morgan fingerprint density at radius 3 is 2.48 bits per heavy atom. The fraction of sp³-hybridized carbons (Fsp3) is 0.385. The molecule has 1 aromatic carbocycles. The van der Waals surface area contributed by atoms with E-state index in [9.17, 15) is 14.9 Å². The summed E-state index contributed by atoms with van der Waals surface area (Å²) in [6.07, 6.45) is 0. The largest absolute Gasteiger partial charge is 0.490 e. The minimum absolute atomic E-state index is 0.0781. The van der Waals surface area contributed by atoms with E-state index in [1.807, 2.05) is 0 Å². The highest BCUT2D eigenvalue weighted by molar-refractivity contribution is 7.80. The van der Waals surface area contributed by atoms with E-state index < -0.39 is 10.3 Å². The average Bonchev–Trinajstić information content (AvgIpc) is 2.37. The lowest BCUT2D eigenvalue weighted by Gasteiger charge is -2.18. The van der Waals surface area contributed by atoms with Crippen LogP contribution in [0.2, 0.25) is 0 Å². The van der Waals surface area contributed by atoms with Crippen LogP contribution in [0.1, 0.15) is 20.8 Å². The number of carbonyl (C=O) groups is 1. The number of methoxy groups -OCH3 is 1. The van der Waals surface area contributed by atoms with E-state index in [2.05, 4.69) is 10.6 Å². The minimum Gasteiger partial charge on any atom is -0.490 e. The molecule has 0 unspecified atom stereocenters. The SMILES string of the molecule is COc1ccc(NC(=S)NC(=O)C(C)(C)C)cc1[N+](=O)[O-]. The fourth-order valence-electron chi connectivity index (χ4n) is 1.36. The number of nitro benzene ring substituents is 1. The third-order valence-electron chi connectivity index (χ3n) is 2.54. The molecule has 0 fully saturated rings. The molecule has 8 heteroatoms. The van der Waals surface area contributed by atoms with E-state index in [1.54, 1.807) is 26.8 Å². The topological polar surface area (TPSA) is 93.5 Å². The standard InChI is InChI=1S/C13H17N3O4S/c1-13(2,3)11(17)15-12(21)14-8-5-6-10(20-4)9(7-8)16(18)19/h5-7H,1-4H3,(H2,14,15,17,21). The molecule has 0 radical (unpaired) electrons. The van der Waals surface area contributed by atoms with Gasteiger partial charge < -0.3 is 15.4 Å². The first-order chi connectivity index (χ1) is 9.65. The molecule has 7 nitrogen and oxygen atoms in total. The predicted molar refractivity (Wildman–Crippen MR) is 83.5 cm³/mol. The average molecular weight is 311 g/mol. The van der Waals surface area contributed by atoms with Crippen molar-refractivity contribution in [3.8, 4) is 5.75 Å². The first kappa shape index (κ1) is 16.8. The lowest BCUT2D eigenvalue weighted by Crippen LogP contribution is -2.41. The number of nitro groups is 1. The Bertz CT molecular complexity index is 581. The van der Waals surface area contributed by atoms with E-state index >= 15 is 0 Å². The van der Waals surface area contributed by atoms with E-state index in [4.69, 9.17) is 17.0 Å². The van der Waals surface area contributed by atoms with Crippen molar-refractivity contribution < 1.29 is 14.5 Å². The summed E-state index contributed by atoms with van der Waals surface area (Å²) in [4.78, 5) is 22.1. The molecule has 0 aliphatic rings. The van der Waals surface area contributed by atoms with Crippen LogP contribution >= 0.6 is 12.2 Å². The van der Waals surface area contributed by atoms with Crippen LogP contribution in [0.25, 0.3) is 0 Å². The Hall–Kier alpha value is -2.22. The van der Waals surface area contributed by atoms with Gasteiger partial charge in [0.05, 0.1) is 12.0 Å². The van der Waals surface area contributed by atoms with E-state index in [-0.39, 0.29) is 22.5 Å². The molecule has 0 saturated carbocycles. The molecule has 1 amide bonds. The number of nitrogens with one attached hydrogen (secondary N) is 2. The maximum absolute atomic E-state index is 11.8. The second-order valence-electron chi connectivity index (χ2n) is 5.30. The number of ether oxygens (including phenoxy) is 1. The molecular weight excluding hydrogens is 294 g/mol. The lowest BCUT2D eigenvalue weighted by molar-refractivity contribution is -0.385. The fourth-order valence-corrected chi connectivity index (χ4v) is 1.57. The van der Waals surface area contributed by atoms with Gasteiger partial charge in [0.2, 0.25) is 5.91 Å². The van der Waals surface area contributed by atoms with Gasteiger partial charge in [-0.15, -0.1) is 0 Å². The van der Waals surface area contributed by atoms with Gasteiger partial charge >= 0.3 is 5.69 Å². The van der Waals surface area contributed by atoms with Gasteiger partial charge in [-0.05, 0) is 24.4 Å². The summed E-state index contributed by atoms with van der Waals surface area (Å²) in [5.41, 5.74) is -0.383. The number of hydrogen-bond donors (Lipinski definition) is 2. The van der Waals surface area contributed by atoms with Gasteiger partial charge in [-0.2, -0.15) is 0 Å². The Morgan fingerprint density at radius 1 is 1.38 bits per heavy atom. The summed E-state index contributed by atoms with van der Waals surface area (Å²) in [7, 11) is 1.35. The van der Waals surface area contributed by atoms with Gasteiger partial charge in [0.1, 0.15) is 0 Å².